The maximum atomic E-state index is 7.64. The van der Waals surface area contributed by atoms with Crippen molar-refractivity contribution in [3.05, 3.63) is 94.7 Å². The molecule has 1 aliphatic carbocycles. The summed E-state index contributed by atoms with van der Waals surface area (Å²) >= 11 is 0. The van der Waals surface area contributed by atoms with E-state index in [4.69, 9.17) is 13.6 Å². The first-order valence-electron chi connectivity index (χ1n) is 12.1. The van der Waals surface area contributed by atoms with Crippen molar-refractivity contribution < 1.29 is 13.6 Å². The minimum Gasteiger partial charge on any atom is -0.391 e. The Hall–Kier alpha value is -1.98. The van der Waals surface area contributed by atoms with Crippen molar-refractivity contribution in [2.45, 2.75) is 56.1 Å². The number of methoxy groups -OCH3 is 1. The van der Waals surface area contributed by atoms with Gasteiger partial charge in [-0.25, -0.2) is 0 Å². The van der Waals surface area contributed by atoms with Gasteiger partial charge in [0.25, 0.3) is 0 Å². The van der Waals surface area contributed by atoms with Crippen LogP contribution in [0, 0.1) is 0 Å². The normalized spacial score (nSPS) is 25.9. The molecule has 2 aromatic carbocycles. The zero-order valence-electron chi connectivity index (χ0n) is 19.1. The molecule has 0 aromatic heterocycles. The van der Waals surface area contributed by atoms with Crippen LogP contribution in [-0.2, 0) is 19.2 Å². The number of fused-ring (bicyclic) bond motifs is 1. The van der Waals surface area contributed by atoms with Gasteiger partial charge in [0.2, 0.25) is 0 Å². The predicted molar refractivity (Wildman–Crippen MR) is 131 cm³/mol. The van der Waals surface area contributed by atoms with E-state index in [0.29, 0.717) is 12.1 Å². The molecule has 0 N–H and O–H groups in total. The maximum Gasteiger partial charge on any atom is 0.376 e. The molecule has 5 rings (SSSR count). The Morgan fingerprint density at radius 3 is 2.19 bits per heavy atom. The van der Waals surface area contributed by atoms with Crippen LogP contribution in [0.1, 0.15) is 56.1 Å². The molecule has 0 bridgehead atoms. The van der Waals surface area contributed by atoms with Gasteiger partial charge in [-0.1, -0.05) is 85.7 Å². The molecule has 0 radical (unpaired) electrons. The van der Waals surface area contributed by atoms with Crippen molar-refractivity contribution in [3.8, 4) is 0 Å². The Morgan fingerprint density at radius 1 is 0.906 bits per heavy atom. The highest BCUT2D eigenvalue weighted by atomic mass is 28.4. The largest absolute Gasteiger partial charge is 0.391 e. The Morgan fingerprint density at radius 2 is 1.56 bits per heavy atom. The molecule has 0 spiro atoms. The van der Waals surface area contributed by atoms with E-state index in [1.807, 2.05) is 0 Å². The predicted octanol–water partition coefficient (Wildman–Crippen LogP) is 6.59. The fourth-order valence-electron chi connectivity index (χ4n) is 5.84. The van der Waals surface area contributed by atoms with Gasteiger partial charge < -0.3 is 13.6 Å². The van der Waals surface area contributed by atoms with E-state index in [1.54, 1.807) is 7.11 Å². The van der Waals surface area contributed by atoms with Crippen LogP contribution in [0.25, 0.3) is 0 Å². The third-order valence-corrected chi connectivity index (χ3v) is 11.6. The summed E-state index contributed by atoms with van der Waals surface area (Å²) < 4.78 is 20.3. The molecular weight excluding hydrogens is 412 g/mol. The number of rotatable bonds is 5. The molecular formula is C28H34O3Si. The molecule has 1 unspecified atom stereocenters. The second-order valence-electron chi connectivity index (χ2n) is 9.28. The van der Waals surface area contributed by atoms with E-state index in [-0.39, 0.29) is 0 Å². The van der Waals surface area contributed by atoms with Gasteiger partial charge in [0.15, 0.2) is 0 Å². The van der Waals surface area contributed by atoms with Gasteiger partial charge in [0, 0.05) is 25.7 Å². The minimum atomic E-state index is -2.76. The monoisotopic (exact) mass is 446 g/mol. The van der Waals surface area contributed by atoms with Crippen LogP contribution in [0.5, 0.6) is 0 Å². The van der Waals surface area contributed by atoms with Crippen LogP contribution in [0.4, 0.5) is 0 Å². The van der Waals surface area contributed by atoms with E-state index in [1.165, 1.54) is 47.6 Å². The molecule has 2 aliphatic heterocycles. The Kier molecular flexibility index (Phi) is 6.47. The average molecular weight is 447 g/mol. The Labute approximate surface area is 193 Å². The molecule has 3 aliphatic rings. The zero-order valence-corrected chi connectivity index (χ0v) is 20.1. The first-order chi connectivity index (χ1) is 15.8. The standard InChI is InChI=1S/C28H34O3Si/c1-29-22-23-19-20-28(24-12-4-2-5-13-24,25-14-6-3-7-15-25)31-32(26-16-8-9-17-26)27(23)18-10-11-21-30-32/h2-7,12-15,18-19,26H,8-11,16-17,20-22H2,1H3. The first kappa shape index (κ1) is 21.8. The van der Waals surface area contributed by atoms with Crippen LogP contribution >= 0.6 is 0 Å². The van der Waals surface area contributed by atoms with Crippen LogP contribution in [0.2, 0.25) is 5.54 Å². The van der Waals surface area contributed by atoms with Crippen molar-refractivity contribution in [1.29, 1.82) is 0 Å². The van der Waals surface area contributed by atoms with Gasteiger partial charge in [0.1, 0.15) is 5.60 Å². The average Bonchev–Trinajstić information content (AvgIpc) is 3.26. The van der Waals surface area contributed by atoms with E-state index in [9.17, 15) is 0 Å². The first-order valence-corrected chi connectivity index (χ1v) is 14.0. The van der Waals surface area contributed by atoms with Crippen molar-refractivity contribution >= 4 is 8.56 Å². The second-order valence-corrected chi connectivity index (χ2v) is 12.5. The Balaban J connectivity index is 1.75. The molecule has 0 saturated heterocycles. The fourth-order valence-corrected chi connectivity index (χ4v) is 10.5. The summed E-state index contributed by atoms with van der Waals surface area (Å²) in [6, 6.07) is 21.6. The van der Waals surface area contributed by atoms with Crippen LogP contribution in [-0.4, -0.2) is 28.9 Å². The smallest absolute Gasteiger partial charge is 0.376 e. The lowest BCUT2D eigenvalue weighted by molar-refractivity contribution is 0.0518. The van der Waals surface area contributed by atoms with Crippen molar-refractivity contribution in [3.63, 3.8) is 0 Å². The third-order valence-electron chi connectivity index (χ3n) is 7.37. The Bertz CT molecular complexity index is 923. The molecule has 1 fully saturated rings. The molecule has 2 heterocycles. The number of allylic oxidation sites excluding steroid dienone is 1. The second kappa shape index (κ2) is 9.48. The topological polar surface area (TPSA) is 27.7 Å². The molecule has 2 aromatic rings. The summed E-state index contributed by atoms with van der Waals surface area (Å²) in [5.41, 5.74) is 3.62. The van der Waals surface area contributed by atoms with Crippen LogP contribution in [0.15, 0.2) is 83.6 Å². The molecule has 4 heteroatoms. The molecule has 1 saturated carbocycles. The van der Waals surface area contributed by atoms with E-state index in [2.05, 4.69) is 72.8 Å². The highest BCUT2D eigenvalue weighted by Crippen LogP contribution is 2.53. The van der Waals surface area contributed by atoms with Gasteiger partial charge in [-0.05, 0) is 47.6 Å². The number of ether oxygens (including phenoxy) is 1. The van der Waals surface area contributed by atoms with E-state index in [0.717, 1.165) is 25.9 Å². The summed E-state index contributed by atoms with van der Waals surface area (Å²) in [6.07, 6.45) is 12.6. The highest BCUT2D eigenvalue weighted by Gasteiger charge is 2.57. The lowest BCUT2D eigenvalue weighted by Gasteiger charge is -2.44. The van der Waals surface area contributed by atoms with Crippen LogP contribution in [0.3, 0.4) is 0 Å². The fraction of sp³-hybridized carbons (Fsp3) is 0.429. The summed E-state index contributed by atoms with van der Waals surface area (Å²) in [5.74, 6) is 0. The molecule has 168 valence electrons. The number of hydrogen-bond donors (Lipinski definition) is 0. The van der Waals surface area contributed by atoms with Gasteiger partial charge in [0.05, 0.1) is 6.61 Å². The molecule has 1 atom stereocenters. The highest BCUT2D eigenvalue weighted by molar-refractivity contribution is 6.77. The number of hydrogen-bond acceptors (Lipinski definition) is 3. The minimum absolute atomic E-state index is 0.483. The van der Waals surface area contributed by atoms with E-state index >= 15 is 0 Å². The third kappa shape index (κ3) is 3.84. The van der Waals surface area contributed by atoms with Gasteiger partial charge in [-0.3, -0.25) is 0 Å². The summed E-state index contributed by atoms with van der Waals surface area (Å²) in [4.78, 5) is 0. The lowest BCUT2D eigenvalue weighted by atomic mass is 9.83. The summed E-state index contributed by atoms with van der Waals surface area (Å²) in [7, 11) is -0.959. The number of benzene rings is 2. The quantitative estimate of drug-likeness (QED) is 0.485. The zero-order chi connectivity index (χ0) is 21.9. The van der Waals surface area contributed by atoms with Gasteiger partial charge in [-0.15, -0.1) is 0 Å². The summed E-state index contributed by atoms with van der Waals surface area (Å²) in [6.45, 7) is 1.39. The van der Waals surface area contributed by atoms with Gasteiger partial charge >= 0.3 is 8.56 Å². The van der Waals surface area contributed by atoms with Gasteiger partial charge in [-0.2, -0.15) is 0 Å². The molecule has 32 heavy (non-hydrogen) atoms. The molecule has 3 nitrogen and oxygen atoms in total. The molecule has 0 amide bonds. The summed E-state index contributed by atoms with van der Waals surface area (Å²) in [5, 5.41) is 1.34. The van der Waals surface area contributed by atoms with Crippen LogP contribution < -0.4 is 0 Å². The maximum absolute atomic E-state index is 7.64. The van der Waals surface area contributed by atoms with Crippen molar-refractivity contribution in [2.24, 2.45) is 0 Å². The van der Waals surface area contributed by atoms with Crippen molar-refractivity contribution in [2.75, 3.05) is 20.3 Å². The van der Waals surface area contributed by atoms with E-state index < -0.39 is 14.2 Å². The van der Waals surface area contributed by atoms with Crippen molar-refractivity contribution in [1.82, 2.24) is 0 Å². The SMILES string of the molecule is COCC1=CCC(c2ccccc2)(c2ccccc2)O[Si]2(C3CCCC3)OCCCC=C12. The lowest BCUT2D eigenvalue weighted by Crippen LogP contribution is -2.54.